The second-order valence-electron chi connectivity index (χ2n) is 3.72. The van der Waals surface area contributed by atoms with Crippen molar-refractivity contribution in [1.82, 2.24) is 9.97 Å². The van der Waals surface area contributed by atoms with Crippen molar-refractivity contribution in [2.45, 2.75) is 31.6 Å². The van der Waals surface area contributed by atoms with Crippen molar-refractivity contribution in [3.05, 3.63) is 23.5 Å². The third-order valence-electron chi connectivity index (χ3n) is 2.81. The molecule has 1 heterocycles. The highest BCUT2D eigenvalue weighted by Crippen LogP contribution is 2.48. The van der Waals surface area contributed by atoms with Gasteiger partial charge in [-0.2, -0.15) is 0 Å². The number of aryl methyl sites for hydroxylation is 1. The number of carboxylic acid groups (broad SMARTS) is 1. The van der Waals surface area contributed by atoms with Gasteiger partial charge in [0.1, 0.15) is 11.7 Å². The number of hydrogen-bond donors (Lipinski definition) is 1. The average Bonchev–Trinajstić information content (AvgIpc) is 2.99. The van der Waals surface area contributed by atoms with Crippen LogP contribution in [0.1, 0.15) is 31.2 Å². The maximum Gasteiger partial charge on any atom is 0.315 e. The topological polar surface area (TPSA) is 63.1 Å². The first-order valence-electron chi connectivity index (χ1n) is 4.85. The predicted molar refractivity (Wildman–Crippen MR) is 49.9 cm³/mol. The normalized spacial score (nSPS) is 17.5. The Bertz CT molecular complexity index is 416. The van der Waals surface area contributed by atoms with Crippen LogP contribution in [-0.2, 0) is 16.6 Å². The van der Waals surface area contributed by atoms with Crippen LogP contribution in [0.25, 0.3) is 0 Å². The second-order valence-corrected chi connectivity index (χ2v) is 3.72. The molecular formula is C10H11FN2O2. The van der Waals surface area contributed by atoms with Gasteiger partial charge in [-0.3, -0.25) is 4.79 Å². The Kier molecular flexibility index (Phi) is 2.17. The summed E-state index contributed by atoms with van der Waals surface area (Å²) in [6, 6.07) is 0. The SMILES string of the molecule is CCc1ncnc(C2(C(=O)O)CC2)c1F. The fourth-order valence-electron chi connectivity index (χ4n) is 1.66. The van der Waals surface area contributed by atoms with Crippen molar-refractivity contribution in [3.63, 3.8) is 0 Å². The fourth-order valence-corrected chi connectivity index (χ4v) is 1.66. The van der Waals surface area contributed by atoms with Gasteiger partial charge in [0.15, 0.2) is 5.82 Å². The molecule has 1 aliphatic rings. The zero-order valence-corrected chi connectivity index (χ0v) is 8.33. The summed E-state index contributed by atoms with van der Waals surface area (Å²) in [5, 5.41) is 9.02. The number of hydrogen-bond acceptors (Lipinski definition) is 3. The van der Waals surface area contributed by atoms with Gasteiger partial charge in [0.25, 0.3) is 0 Å². The first kappa shape index (κ1) is 10.0. The minimum Gasteiger partial charge on any atom is -0.481 e. The van der Waals surface area contributed by atoms with E-state index in [4.69, 9.17) is 5.11 Å². The van der Waals surface area contributed by atoms with E-state index >= 15 is 0 Å². The van der Waals surface area contributed by atoms with E-state index in [0.717, 1.165) is 0 Å². The van der Waals surface area contributed by atoms with Crippen molar-refractivity contribution in [2.75, 3.05) is 0 Å². The molecule has 0 radical (unpaired) electrons. The van der Waals surface area contributed by atoms with E-state index in [0.29, 0.717) is 19.3 Å². The summed E-state index contributed by atoms with van der Waals surface area (Å²) >= 11 is 0. The van der Waals surface area contributed by atoms with E-state index in [9.17, 15) is 9.18 Å². The Labute approximate surface area is 86.2 Å². The van der Waals surface area contributed by atoms with Gasteiger partial charge >= 0.3 is 5.97 Å². The van der Waals surface area contributed by atoms with Crippen LogP contribution in [0.2, 0.25) is 0 Å². The standard InChI is InChI=1S/C10H11FN2O2/c1-2-6-7(11)8(13-5-12-6)10(3-4-10)9(14)15/h5H,2-4H2,1H3,(H,14,15). The van der Waals surface area contributed by atoms with E-state index in [1.165, 1.54) is 6.33 Å². The summed E-state index contributed by atoms with van der Waals surface area (Å²) in [6.07, 6.45) is 2.59. The number of aliphatic carboxylic acids is 1. The summed E-state index contributed by atoms with van der Waals surface area (Å²) in [5.74, 6) is -1.55. The van der Waals surface area contributed by atoms with Crippen LogP contribution in [0.4, 0.5) is 4.39 Å². The van der Waals surface area contributed by atoms with E-state index in [1.807, 2.05) is 0 Å². The highest BCUT2D eigenvalue weighted by molar-refractivity contribution is 5.84. The molecule has 0 amide bonds. The molecule has 0 aliphatic heterocycles. The van der Waals surface area contributed by atoms with Crippen LogP contribution >= 0.6 is 0 Å². The number of aromatic nitrogens is 2. The Hall–Kier alpha value is -1.52. The van der Waals surface area contributed by atoms with E-state index in [-0.39, 0.29) is 11.4 Å². The molecule has 1 saturated carbocycles. The molecule has 4 nitrogen and oxygen atoms in total. The second kappa shape index (κ2) is 3.25. The van der Waals surface area contributed by atoms with Gasteiger partial charge in [-0.25, -0.2) is 14.4 Å². The van der Waals surface area contributed by atoms with Crippen LogP contribution in [0.5, 0.6) is 0 Å². The lowest BCUT2D eigenvalue weighted by Gasteiger charge is -2.11. The molecule has 0 saturated heterocycles. The largest absolute Gasteiger partial charge is 0.481 e. The van der Waals surface area contributed by atoms with Gasteiger partial charge in [-0.05, 0) is 19.3 Å². The van der Waals surface area contributed by atoms with Crippen LogP contribution in [-0.4, -0.2) is 21.0 Å². The van der Waals surface area contributed by atoms with Crippen LogP contribution in [0, 0.1) is 5.82 Å². The molecule has 1 aromatic heterocycles. The average molecular weight is 210 g/mol. The van der Waals surface area contributed by atoms with E-state index in [2.05, 4.69) is 9.97 Å². The quantitative estimate of drug-likeness (QED) is 0.816. The Morgan fingerprint density at radius 1 is 1.60 bits per heavy atom. The first-order chi connectivity index (χ1) is 7.12. The molecular weight excluding hydrogens is 199 g/mol. The fraction of sp³-hybridized carbons (Fsp3) is 0.500. The molecule has 0 atom stereocenters. The molecule has 1 fully saturated rings. The zero-order valence-electron chi connectivity index (χ0n) is 8.33. The zero-order chi connectivity index (χ0) is 11.1. The van der Waals surface area contributed by atoms with Crippen molar-refractivity contribution in [3.8, 4) is 0 Å². The summed E-state index contributed by atoms with van der Waals surface area (Å²) < 4.78 is 13.8. The summed E-state index contributed by atoms with van der Waals surface area (Å²) in [5.41, 5.74) is -0.758. The maximum atomic E-state index is 13.8. The van der Waals surface area contributed by atoms with Crippen LogP contribution in [0.3, 0.4) is 0 Å². The number of halogens is 1. The molecule has 0 spiro atoms. The summed E-state index contributed by atoms with van der Waals surface area (Å²) in [7, 11) is 0. The summed E-state index contributed by atoms with van der Waals surface area (Å²) in [4.78, 5) is 18.6. The number of rotatable bonds is 3. The highest BCUT2D eigenvalue weighted by atomic mass is 19.1. The smallest absolute Gasteiger partial charge is 0.315 e. The lowest BCUT2D eigenvalue weighted by molar-refractivity contribution is -0.140. The van der Waals surface area contributed by atoms with Gasteiger partial charge in [0.05, 0.1) is 11.4 Å². The van der Waals surface area contributed by atoms with Crippen molar-refractivity contribution in [2.24, 2.45) is 0 Å². The van der Waals surface area contributed by atoms with Crippen LogP contribution < -0.4 is 0 Å². The highest BCUT2D eigenvalue weighted by Gasteiger charge is 2.55. The Morgan fingerprint density at radius 2 is 2.27 bits per heavy atom. The molecule has 1 aromatic rings. The monoisotopic (exact) mass is 210 g/mol. The van der Waals surface area contributed by atoms with Gasteiger partial charge in [-0.15, -0.1) is 0 Å². The maximum absolute atomic E-state index is 13.8. The van der Waals surface area contributed by atoms with Crippen molar-refractivity contribution in [1.29, 1.82) is 0 Å². The lowest BCUT2D eigenvalue weighted by atomic mass is 10.0. The summed E-state index contributed by atoms with van der Waals surface area (Å²) in [6.45, 7) is 1.77. The minimum absolute atomic E-state index is 0.0434. The van der Waals surface area contributed by atoms with Crippen molar-refractivity contribution >= 4 is 5.97 Å². The lowest BCUT2D eigenvalue weighted by Crippen LogP contribution is -2.23. The molecule has 5 heteroatoms. The Balaban J connectivity index is 2.50. The molecule has 15 heavy (non-hydrogen) atoms. The van der Waals surface area contributed by atoms with Crippen molar-refractivity contribution < 1.29 is 14.3 Å². The first-order valence-corrected chi connectivity index (χ1v) is 4.85. The van der Waals surface area contributed by atoms with Gasteiger partial charge in [0, 0.05) is 0 Å². The molecule has 0 aromatic carbocycles. The molecule has 0 unspecified atom stereocenters. The van der Waals surface area contributed by atoms with E-state index < -0.39 is 17.2 Å². The number of carboxylic acids is 1. The molecule has 2 rings (SSSR count). The van der Waals surface area contributed by atoms with Crippen LogP contribution in [0.15, 0.2) is 6.33 Å². The van der Waals surface area contributed by atoms with Gasteiger partial charge in [-0.1, -0.05) is 6.92 Å². The van der Waals surface area contributed by atoms with Gasteiger partial charge < -0.3 is 5.11 Å². The Morgan fingerprint density at radius 3 is 2.73 bits per heavy atom. The minimum atomic E-state index is -1.09. The van der Waals surface area contributed by atoms with E-state index in [1.54, 1.807) is 6.92 Å². The predicted octanol–water partition coefficient (Wildman–Crippen LogP) is 1.29. The third-order valence-corrected chi connectivity index (χ3v) is 2.81. The molecule has 1 N–H and O–H groups in total. The molecule has 1 aliphatic carbocycles. The third kappa shape index (κ3) is 1.38. The number of carbonyl (C=O) groups is 1. The molecule has 0 bridgehead atoms. The number of nitrogens with zero attached hydrogens (tertiary/aromatic N) is 2. The van der Waals surface area contributed by atoms with Gasteiger partial charge in [0.2, 0.25) is 0 Å². The molecule has 80 valence electrons.